The fourth-order valence-corrected chi connectivity index (χ4v) is 1.58. The highest BCUT2D eigenvalue weighted by Gasteiger charge is 2.02. The predicted molar refractivity (Wildman–Crippen MR) is 61.1 cm³/mol. The van der Waals surface area contributed by atoms with E-state index in [0.29, 0.717) is 6.54 Å². The first kappa shape index (κ1) is 13.0. The van der Waals surface area contributed by atoms with E-state index >= 15 is 0 Å². The second-order valence-electron chi connectivity index (χ2n) is 3.31. The van der Waals surface area contributed by atoms with Crippen molar-refractivity contribution in [1.82, 2.24) is 5.32 Å². The lowest BCUT2D eigenvalue weighted by Gasteiger charge is -2.04. The van der Waals surface area contributed by atoms with Crippen molar-refractivity contribution in [2.45, 2.75) is 6.54 Å². The normalized spacial score (nSPS) is 11.4. The Balaban J connectivity index is 2.32. The Kier molecular flexibility index (Phi) is 4.72. The van der Waals surface area contributed by atoms with Crippen LogP contribution in [0, 0.1) is 0 Å². The summed E-state index contributed by atoms with van der Waals surface area (Å²) in [5, 5.41) is 2.92. The van der Waals surface area contributed by atoms with Crippen LogP contribution >= 0.6 is 0 Å². The molecule has 0 saturated heterocycles. The Labute approximate surface area is 95.2 Å². The monoisotopic (exact) mass is 245 g/mol. The first-order valence-electron chi connectivity index (χ1n) is 4.80. The Hall–Kier alpha value is -1.11. The van der Waals surface area contributed by atoms with Gasteiger partial charge in [0.15, 0.2) is 0 Å². The SMILES string of the molecule is COc1ccc(CNCCS(=O)(=O)O)cc1. The number of ether oxygens (including phenoxy) is 1. The van der Waals surface area contributed by atoms with Crippen molar-refractivity contribution in [2.24, 2.45) is 0 Å². The first-order valence-corrected chi connectivity index (χ1v) is 6.41. The highest BCUT2D eigenvalue weighted by Crippen LogP contribution is 2.10. The van der Waals surface area contributed by atoms with E-state index < -0.39 is 10.1 Å². The van der Waals surface area contributed by atoms with Crippen LogP contribution in [0.2, 0.25) is 0 Å². The summed E-state index contributed by atoms with van der Waals surface area (Å²) in [5.41, 5.74) is 1.02. The summed E-state index contributed by atoms with van der Waals surface area (Å²) in [7, 11) is -2.28. The fourth-order valence-electron chi connectivity index (χ4n) is 1.18. The third-order valence-electron chi connectivity index (χ3n) is 2.02. The fraction of sp³-hybridized carbons (Fsp3) is 0.400. The van der Waals surface area contributed by atoms with Crippen LogP contribution < -0.4 is 10.1 Å². The summed E-state index contributed by atoms with van der Waals surface area (Å²) in [6, 6.07) is 7.44. The van der Waals surface area contributed by atoms with Crippen LogP contribution in [0.5, 0.6) is 5.75 Å². The maximum atomic E-state index is 10.4. The molecule has 1 aromatic carbocycles. The molecule has 0 spiro atoms. The van der Waals surface area contributed by atoms with Gasteiger partial charge in [0, 0.05) is 13.1 Å². The van der Waals surface area contributed by atoms with Crippen molar-refractivity contribution in [2.75, 3.05) is 19.4 Å². The lowest BCUT2D eigenvalue weighted by molar-refractivity contribution is 0.414. The van der Waals surface area contributed by atoms with Gasteiger partial charge < -0.3 is 10.1 Å². The van der Waals surface area contributed by atoms with E-state index in [1.54, 1.807) is 7.11 Å². The molecular formula is C10H15NO4S. The number of rotatable bonds is 6. The summed E-state index contributed by atoms with van der Waals surface area (Å²) in [6.45, 7) is 0.782. The van der Waals surface area contributed by atoms with E-state index in [2.05, 4.69) is 5.32 Å². The van der Waals surface area contributed by atoms with Crippen molar-refractivity contribution >= 4 is 10.1 Å². The number of hydrogen-bond donors (Lipinski definition) is 2. The molecule has 6 heteroatoms. The smallest absolute Gasteiger partial charge is 0.266 e. The van der Waals surface area contributed by atoms with Gasteiger partial charge in [-0.1, -0.05) is 12.1 Å². The molecule has 0 aliphatic heterocycles. The zero-order chi connectivity index (χ0) is 12.0. The molecule has 2 N–H and O–H groups in total. The van der Waals surface area contributed by atoms with Gasteiger partial charge >= 0.3 is 0 Å². The summed E-state index contributed by atoms with van der Waals surface area (Å²) >= 11 is 0. The van der Waals surface area contributed by atoms with Gasteiger partial charge in [-0.2, -0.15) is 8.42 Å². The Morgan fingerprint density at radius 3 is 2.44 bits per heavy atom. The van der Waals surface area contributed by atoms with Crippen molar-refractivity contribution in [3.05, 3.63) is 29.8 Å². The second kappa shape index (κ2) is 5.83. The van der Waals surface area contributed by atoms with Crippen LogP contribution in [0.3, 0.4) is 0 Å². The van der Waals surface area contributed by atoms with E-state index in [9.17, 15) is 8.42 Å². The molecule has 0 fully saturated rings. The molecule has 0 heterocycles. The van der Waals surface area contributed by atoms with Gasteiger partial charge in [-0.05, 0) is 17.7 Å². The van der Waals surface area contributed by atoms with E-state index in [-0.39, 0.29) is 12.3 Å². The predicted octanol–water partition coefficient (Wildman–Crippen LogP) is 0.673. The van der Waals surface area contributed by atoms with Crippen LogP contribution in [-0.4, -0.2) is 32.4 Å². The van der Waals surface area contributed by atoms with Gasteiger partial charge in [-0.3, -0.25) is 4.55 Å². The third kappa shape index (κ3) is 5.11. The van der Waals surface area contributed by atoms with Crippen LogP contribution in [0.15, 0.2) is 24.3 Å². The van der Waals surface area contributed by atoms with Gasteiger partial charge in [0.05, 0.1) is 12.9 Å². The van der Waals surface area contributed by atoms with E-state index in [0.717, 1.165) is 11.3 Å². The van der Waals surface area contributed by atoms with Crippen molar-refractivity contribution in [1.29, 1.82) is 0 Å². The molecule has 16 heavy (non-hydrogen) atoms. The average Bonchev–Trinajstić information content (AvgIpc) is 2.24. The number of nitrogens with one attached hydrogen (secondary N) is 1. The molecule has 0 amide bonds. The minimum Gasteiger partial charge on any atom is -0.497 e. The standard InChI is InChI=1S/C10H15NO4S/c1-15-10-4-2-9(3-5-10)8-11-6-7-16(12,13)14/h2-5,11H,6-8H2,1H3,(H,12,13,14). The lowest BCUT2D eigenvalue weighted by atomic mass is 10.2. The van der Waals surface area contributed by atoms with Crippen LogP contribution in [0.25, 0.3) is 0 Å². The first-order chi connectivity index (χ1) is 7.51. The topological polar surface area (TPSA) is 75.6 Å². The quantitative estimate of drug-likeness (QED) is 0.569. The Morgan fingerprint density at radius 2 is 1.94 bits per heavy atom. The average molecular weight is 245 g/mol. The molecular weight excluding hydrogens is 230 g/mol. The van der Waals surface area contributed by atoms with E-state index in [1.807, 2.05) is 24.3 Å². The largest absolute Gasteiger partial charge is 0.497 e. The molecule has 0 aliphatic carbocycles. The maximum absolute atomic E-state index is 10.4. The molecule has 0 unspecified atom stereocenters. The zero-order valence-electron chi connectivity index (χ0n) is 9.01. The Bertz CT molecular complexity index is 413. The Morgan fingerprint density at radius 1 is 1.31 bits per heavy atom. The minimum absolute atomic E-state index is 0.227. The molecule has 0 atom stereocenters. The molecule has 0 aliphatic rings. The highest BCUT2D eigenvalue weighted by molar-refractivity contribution is 7.85. The molecule has 0 saturated carbocycles. The van der Waals surface area contributed by atoms with Gasteiger partial charge in [-0.15, -0.1) is 0 Å². The summed E-state index contributed by atoms with van der Waals surface area (Å²) < 4.78 is 34.4. The maximum Gasteiger partial charge on any atom is 0.266 e. The van der Waals surface area contributed by atoms with Crippen LogP contribution in [0.4, 0.5) is 0 Å². The van der Waals surface area contributed by atoms with Crippen molar-refractivity contribution in [3.8, 4) is 5.75 Å². The number of benzene rings is 1. The highest BCUT2D eigenvalue weighted by atomic mass is 32.2. The van der Waals surface area contributed by atoms with Crippen LogP contribution in [0.1, 0.15) is 5.56 Å². The van der Waals surface area contributed by atoms with Gasteiger partial charge in [0.1, 0.15) is 5.75 Å². The zero-order valence-corrected chi connectivity index (χ0v) is 9.83. The second-order valence-corrected chi connectivity index (χ2v) is 4.88. The molecule has 0 bridgehead atoms. The molecule has 1 rings (SSSR count). The third-order valence-corrected chi connectivity index (χ3v) is 2.75. The lowest BCUT2D eigenvalue weighted by Crippen LogP contribution is -2.22. The summed E-state index contributed by atoms with van der Waals surface area (Å²) in [4.78, 5) is 0. The van der Waals surface area contributed by atoms with Gasteiger partial charge in [-0.25, -0.2) is 0 Å². The van der Waals surface area contributed by atoms with E-state index in [1.165, 1.54) is 0 Å². The van der Waals surface area contributed by atoms with Crippen molar-refractivity contribution in [3.63, 3.8) is 0 Å². The minimum atomic E-state index is -3.87. The van der Waals surface area contributed by atoms with Gasteiger partial charge in [0.2, 0.25) is 0 Å². The molecule has 90 valence electrons. The summed E-state index contributed by atoms with van der Waals surface area (Å²) in [6.07, 6.45) is 0. The molecule has 0 radical (unpaired) electrons. The van der Waals surface area contributed by atoms with Gasteiger partial charge in [0.25, 0.3) is 10.1 Å². The molecule has 0 aromatic heterocycles. The van der Waals surface area contributed by atoms with Crippen LogP contribution in [-0.2, 0) is 16.7 Å². The number of hydrogen-bond acceptors (Lipinski definition) is 4. The molecule has 1 aromatic rings. The van der Waals surface area contributed by atoms with Crippen molar-refractivity contribution < 1.29 is 17.7 Å². The van der Waals surface area contributed by atoms with E-state index in [4.69, 9.17) is 9.29 Å². The number of methoxy groups -OCH3 is 1. The summed E-state index contributed by atoms with van der Waals surface area (Å²) in [5.74, 6) is 0.505. The molecule has 5 nitrogen and oxygen atoms in total.